The van der Waals surface area contributed by atoms with Gasteiger partial charge < -0.3 is 20.3 Å². The lowest BCUT2D eigenvalue weighted by Crippen LogP contribution is -2.11. The van der Waals surface area contributed by atoms with E-state index >= 15 is 0 Å². The Balaban J connectivity index is 2.17. The average Bonchev–Trinajstić information content (AvgIpc) is 2.82. The molecule has 0 bridgehead atoms. The van der Waals surface area contributed by atoms with Gasteiger partial charge in [0, 0.05) is 6.07 Å². The molecule has 0 aliphatic heterocycles. The largest absolute Gasteiger partial charge is 0.465 e. The molecule has 0 aliphatic carbocycles. The first-order valence-corrected chi connectivity index (χ1v) is 5.60. The van der Waals surface area contributed by atoms with Crippen LogP contribution in [0.1, 0.15) is 21.8 Å². The summed E-state index contributed by atoms with van der Waals surface area (Å²) < 4.78 is 9.63. The van der Waals surface area contributed by atoms with Crippen LogP contribution >= 0.6 is 0 Å². The van der Waals surface area contributed by atoms with Crippen LogP contribution in [0.25, 0.3) is 0 Å². The number of nitrogens with zero attached hydrogens (tertiary/aromatic N) is 2. The fraction of sp³-hybridized carbons (Fsp3) is 0.250. The van der Waals surface area contributed by atoms with E-state index < -0.39 is 5.97 Å². The lowest BCUT2D eigenvalue weighted by atomic mass is 10.2. The molecular formula is C12H14N4O3. The number of nitrogens with one attached hydrogen (secondary N) is 1. The van der Waals surface area contributed by atoms with Gasteiger partial charge in [0.2, 0.25) is 0 Å². The molecule has 0 saturated heterocycles. The van der Waals surface area contributed by atoms with Crippen molar-refractivity contribution in [1.82, 2.24) is 10.1 Å². The van der Waals surface area contributed by atoms with Gasteiger partial charge in [0.1, 0.15) is 22.8 Å². The summed E-state index contributed by atoms with van der Waals surface area (Å²) >= 11 is 0. The van der Waals surface area contributed by atoms with E-state index in [-0.39, 0.29) is 5.56 Å². The number of ether oxygens (including phenoxy) is 1. The number of hydrogen-bond acceptors (Lipinski definition) is 7. The summed E-state index contributed by atoms with van der Waals surface area (Å²) in [6, 6.07) is 3.30. The maximum Gasteiger partial charge on any atom is 0.341 e. The van der Waals surface area contributed by atoms with Crippen molar-refractivity contribution < 1.29 is 14.1 Å². The minimum absolute atomic E-state index is 0.280. The van der Waals surface area contributed by atoms with E-state index in [2.05, 4.69) is 20.2 Å². The SMILES string of the molecule is COC(=O)c1cc(N)cnc1NCc1cc(C)on1. The monoisotopic (exact) mass is 262 g/mol. The highest BCUT2D eigenvalue weighted by Crippen LogP contribution is 2.17. The first-order chi connectivity index (χ1) is 9.10. The molecule has 2 heterocycles. The molecule has 2 aromatic rings. The number of anilines is 2. The Morgan fingerprint density at radius 3 is 2.95 bits per heavy atom. The predicted molar refractivity (Wildman–Crippen MR) is 68.6 cm³/mol. The second-order valence-electron chi connectivity index (χ2n) is 3.94. The van der Waals surface area contributed by atoms with Gasteiger partial charge in [-0.25, -0.2) is 9.78 Å². The zero-order valence-corrected chi connectivity index (χ0v) is 10.6. The van der Waals surface area contributed by atoms with Gasteiger partial charge in [-0.2, -0.15) is 0 Å². The number of pyridine rings is 1. The number of aromatic nitrogens is 2. The summed E-state index contributed by atoms with van der Waals surface area (Å²) in [6.07, 6.45) is 1.46. The summed E-state index contributed by atoms with van der Waals surface area (Å²) in [5, 5.41) is 6.83. The van der Waals surface area contributed by atoms with Gasteiger partial charge in [-0.05, 0) is 13.0 Å². The molecule has 100 valence electrons. The number of nitrogens with two attached hydrogens (primary N) is 1. The summed E-state index contributed by atoms with van der Waals surface area (Å²) in [5.74, 6) is 0.607. The third kappa shape index (κ3) is 3.01. The van der Waals surface area contributed by atoms with Crippen molar-refractivity contribution in [2.45, 2.75) is 13.5 Å². The second-order valence-corrected chi connectivity index (χ2v) is 3.94. The van der Waals surface area contributed by atoms with Crippen LogP contribution in [-0.2, 0) is 11.3 Å². The molecule has 7 nitrogen and oxygen atoms in total. The molecule has 0 saturated carbocycles. The lowest BCUT2D eigenvalue weighted by molar-refractivity contribution is 0.0601. The Morgan fingerprint density at radius 2 is 2.32 bits per heavy atom. The fourth-order valence-corrected chi connectivity index (χ4v) is 1.56. The second kappa shape index (κ2) is 5.38. The van der Waals surface area contributed by atoms with Crippen LogP contribution in [0.2, 0.25) is 0 Å². The number of carbonyl (C=O) groups is 1. The number of rotatable bonds is 4. The molecule has 0 amide bonds. The molecule has 2 rings (SSSR count). The van der Waals surface area contributed by atoms with E-state index in [1.54, 1.807) is 13.0 Å². The van der Waals surface area contributed by atoms with Gasteiger partial charge in [-0.15, -0.1) is 0 Å². The van der Waals surface area contributed by atoms with E-state index in [0.717, 1.165) is 5.76 Å². The zero-order chi connectivity index (χ0) is 13.8. The van der Waals surface area contributed by atoms with Crippen molar-refractivity contribution in [2.75, 3.05) is 18.2 Å². The van der Waals surface area contributed by atoms with Crippen LogP contribution < -0.4 is 11.1 Å². The molecule has 0 radical (unpaired) electrons. The normalized spacial score (nSPS) is 10.2. The Hall–Kier alpha value is -2.57. The summed E-state index contributed by atoms with van der Waals surface area (Å²) in [5.41, 5.74) is 6.99. The van der Waals surface area contributed by atoms with Crippen molar-refractivity contribution in [3.8, 4) is 0 Å². The van der Waals surface area contributed by atoms with Crippen LogP contribution in [0.4, 0.5) is 11.5 Å². The van der Waals surface area contributed by atoms with Crippen LogP contribution in [0.15, 0.2) is 22.9 Å². The smallest absolute Gasteiger partial charge is 0.341 e. The fourth-order valence-electron chi connectivity index (χ4n) is 1.56. The minimum atomic E-state index is -0.501. The van der Waals surface area contributed by atoms with Gasteiger partial charge >= 0.3 is 5.97 Å². The molecule has 7 heteroatoms. The number of carbonyl (C=O) groups excluding carboxylic acids is 1. The third-order valence-electron chi connectivity index (χ3n) is 2.43. The highest BCUT2D eigenvalue weighted by molar-refractivity contribution is 5.95. The maximum absolute atomic E-state index is 11.6. The van der Waals surface area contributed by atoms with Crippen LogP contribution in [0.5, 0.6) is 0 Å². The van der Waals surface area contributed by atoms with Crippen molar-refractivity contribution in [2.24, 2.45) is 0 Å². The minimum Gasteiger partial charge on any atom is -0.465 e. The molecule has 2 aromatic heterocycles. The van der Waals surface area contributed by atoms with Gasteiger partial charge in [-0.1, -0.05) is 5.16 Å². The molecule has 0 aliphatic rings. The van der Waals surface area contributed by atoms with Crippen LogP contribution in [0.3, 0.4) is 0 Å². The summed E-state index contributed by atoms with van der Waals surface area (Å²) in [7, 11) is 1.30. The van der Waals surface area contributed by atoms with Crippen LogP contribution in [0, 0.1) is 6.92 Å². The highest BCUT2D eigenvalue weighted by atomic mass is 16.5. The van der Waals surface area contributed by atoms with Crippen molar-refractivity contribution in [1.29, 1.82) is 0 Å². The summed E-state index contributed by atoms with van der Waals surface area (Å²) in [6.45, 7) is 2.19. The van der Waals surface area contributed by atoms with Crippen molar-refractivity contribution in [3.05, 3.63) is 35.3 Å². The molecule has 3 N–H and O–H groups in total. The predicted octanol–water partition coefficient (Wildman–Crippen LogP) is 1.36. The topological polar surface area (TPSA) is 103 Å². The summed E-state index contributed by atoms with van der Waals surface area (Å²) in [4.78, 5) is 15.7. The lowest BCUT2D eigenvalue weighted by Gasteiger charge is -2.09. The van der Waals surface area contributed by atoms with Gasteiger partial charge in [-0.3, -0.25) is 0 Å². The molecule has 0 spiro atoms. The first-order valence-electron chi connectivity index (χ1n) is 5.60. The number of aryl methyl sites for hydroxylation is 1. The van der Waals surface area contributed by atoms with Gasteiger partial charge in [0.25, 0.3) is 0 Å². The van der Waals surface area contributed by atoms with E-state index in [0.29, 0.717) is 23.7 Å². The van der Waals surface area contributed by atoms with E-state index in [1.165, 1.54) is 19.4 Å². The van der Waals surface area contributed by atoms with Crippen molar-refractivity contribution in [3.63, 3.8) is 0 Å². The quantitative estimate of drug-likeness (QED) is 0.801. The number of methoxy groups -OCH3 is 1. The van der Waals surface area contributed by atoms with Gasteiger partial charge in [0.15, 0.2) is 0 Å². The Kier molecular flexibility index (Phi) is 3.65. The number of nitrogen functional groups attached to an aromatic ring is 1. The Labute approximate surface area is 109 Å². The third-order valence-corrected chi connectivity index (χ3v) is 2.43. The standard InChI is InChI=1S/C12H14N4O3/c1-7-3-9(16-19-7)6-15-11-10(12(17)18-2)4-8(13)5-14-11/h3-5H,6,13H2,1-2H3,(H,14,15). The number of esters is 1. The average molecular weight is 262 g/mol. The van der Waals surface area contributed by atoms with Crippen LogP contribution in [-0.4, -0.2) is 23.2 Å². The molecule has 0 aromatic carbocycles. The van der Waals surface area contributed by atoms with Gasteiger partial charge in [0.05, 0.1) is 25.5 Å². The molecule has 0 fully saturated rings. The molecule has 19 heavy (non-hydrogen) atoms. The molecule has 0 unspecified atom stereocenters. The molecule has 0 atom stereocenters. The number of hydrogen-bond donors (Lipinski definition) is 2. The maximum atomic E-state index is 11.6. The first kappa shape index (κ1) is 12.9. The molecular weight excluding hydrogens is 248 g/mol. The Morgan fingerprint density at radius 1 is 1.53 bits per heavy atom. The zero-order valence-electron chi connectivity index (χ0n) is 10.6. The Bertz CT molecular complexity index is 594. The highest BCUT2D eigenvalue weighted by Gasteiger charge is 2.14. The van der Waals surface area contributed by atoms with E-state index in [1.807, 2.05) is 0 Å². The van der Waals surface area contributed by atoms with Crippen molar-refractivity contribution >= 4 is 17.5 Å². The van der Waals surface area contributed by atoms with E-state index in [9.17, 15) is 4.79 Å². The van der Waals surface area contributed by atoms with E-state index in [4.69, 9.17) is 10.3 Å².